The summed E-state index contributed by atoms with van der Waals surface area (Å²) in [7, 11) is -5.04. The van der Waals surface area contributed by atoms with Crippen LogP contribution in [0.15, 0.2) is 52.9 Å². The van der Waals surface area contributed by atoms with Gasteiger partial charge in [-0.1, -0.05) is 23.5 Å². The minimum Gasteiger partial charge on any atom is -0.493 e. The molecule has 16 heteroatoms. The zero-order valence-corrected chi connectivity index (χ0v) is 20.4. The zero-order valence-electron chi connectivity index (χ0n) is 18.8. The first kappa shape index (κ1) is 28.2. The van der Waals surface area contributed by atoms with Gasteiger partial charge in [0.25, 0.3) is 15.9 Å². The molecule has 0 unspecified atom stereocenters. The highest BCUT2D eigenvalue weighted by atomic mass is 32.2. The monoisotopic (exact) mass is 568 g/mol. The SMILES string of the molecule is CCOc1cc(C(F)(F)F)ccc1C(=O)NCCc1ccc(S(=O)(=O)N(c2nncs2)C(F)(F)F)cc1. The van der Waals surface area contributed by atoms with Gasteiger partial charge in [0, 0.05) is 6.54 Å². The summed E-state index contributed by atoms with van der Waals surface area (Å²) in [5, 5.41) is 8.10. The van der Waals surface area contributed by atoms with Crippen LogP contribution in [0.4, 0.5) is 31.5 Å². The Morgan fingerprint density at radius 3 is 2.30 bits per heavy atom. The van der Waals surface area contributed by atoms with E-state index >= 15 is 0 Å². The summed E-state index contributed by atoms with van der Waals surface area (Å²) in [5.74, 6) is -0.941. The number of sulfonamides is 1. The first-order chi connectivity index (χ1) is 17.2. The molecule has 0 spiro atoms. The van der Waals surface area contributed by atoms with Gasteiger partial charge < -0.3 is 10.1 Å². The standard InChI is InChI=1S/C21H18F6N4O4S2/c1-2-35-17-11-14(20(22,23)24)5-8-16(17)18(32)28-10-9-13-3-6-15(7-4-13)37(33,34)31(21(25,26)27)19-30-29-12-36-19/h3-8,11-12H,2,9-10H2,1H3,(H,28,32). The molecule has 0 aliphatic carbocycles. The predicted molar refractivity (Wildman–Crippen MR) is 121 cm³/mol. The van der Waals surface area contributed by atoms with E-state index in [9.17, 15) is 39.6 Å². The molecule has 3 rings (SSSR count). The van der Waals surface area contributed by atoms with Crippen molar-refractivity contribution in [3.63, 3.8) is 0 Å². The number of hydrogen-bond acceptors (Lipinski definition) is 7. The maximum Gasteiger partial charge on any atom is 0.500 e. The number of hydrogen-bond donors (Lipinski definition) is 1. The van der Waals surface area contributed by atoms with Crippen molar-refractivity contribution in [2.45, 2.75) is 30.7 Å². The lowest BCUT2D eigenvalue weighted by atomic mass is 10.1. The Bertz CT molecular complexity index is 1330. The van der Waals surface area contributed by atoms with Gasteiger partial charge in [-0.2, -0.15) is 13.2 Å². The van der Waals surface area contributed by atoms with Crippen LogP contribution in [0.5, 0.6) is 5.75 Å². The normalized spacial score (nSPS) is 12.3. The lowest BCUT2D eigenvalue weighted by Crippen LogP contribution is -2.43. The molecule has 2 aromatic carbocycles. The van der Waals surface area contributed by atoms with E-state index in [0.29, 0.717) is 16.9 Å². The van der Waals surface area contributed by atoms with Crippen LogP contribution in [0.1, 0.15) is 28.4 Å². The molecule has 1 heterocycles. The van der Waals surface area contributed by atoms with E-state index in [1.54, 1.807) is 6.92 Å². The Hall–Kier alpha value is -3.40. The quantitative estimate of drug-likeness (QED) is 0.298. The molecule has 0 aliphatic heterocycles. The number of nitrogens with one attached hydrogen (secondary N) is 1. The van der Waals surface area contributed by atoms with Crippen LogP contribution >= 0.6 is 11.3 Å². The Morgan fingerprint density at radius 2 is 1.76 bits per heavy atom. The molecule has 1 amide bonds. The van der Waals surface area contributed by atoms with Crippen molar-refractivity contribution >= 4 is 32.4 Å². The summed E-state index contributed by atoms with van der Waals surface area (Å²) in [6.45, 7) is 1.58. The van der Waals surface area contributed by atoms with Crippen molar-refractivity contribution in [2.24, 2.45) is 0 Å². The van der Waals surface area contributed by atoms with E-state index in [1.165, 1.54) is 12.1 Å². The van der Waals surface area contributed by atoms with Crippen molar-refractivity contribution in [2.75, 3.05) is 17.5 Å². The second-order valence-corrected chi connectivity index (χ2v) is 9.85. The van der Waals surface area contributed by atoms with Gasteiger partial charge in [0.2, 0.25) is 5.13 Å². The minimum absolute atomic E-state index is 0.00300. The minimum atomic E-state index is -5.28. The third-order valence-electron chi connectivity index (χ3n) is 4.77. The summed E-state index contributed by atoms with van der Waals surface area (Å²) in [6.07, 6.45) is -9.75. The summed E-state index contributed by atoms with van der Waals surface area (Å²) in [5.41, 5.74) is 0.354. The number of amides is 1. The van der Waals surface area contributed by atoms with Crippen LogP contribution in [0.2, 0.25) is 0 Å². The van der Waals surface area contributed by atoms with Gasteiger partial charge in [0.15, 0.2) is 0 Å². The molecule has 0 atom stereocenters. The topological polar surface area (TPSA) is 101 Å². The van der Waals surface area contributed by atoms with E-state index in [2.05, 4.69) is 15.5 Å². The number of halogens is 6. The fourth-order valence-corrected chi connectivity index (χ4v) is 5.22. The molecule has 1 aromatic heterocycles. The maximum atomic E-state index is 13.5. The summed E-state index contributed by atoms with van der Waals surface area (Å²) < 4.78 is 109. The number of benzene rings is 2. The van der Waals surface area contributed by atoms with Crippen LogP contribution in [0.25, 0.3) is 0 Å². The smallest absolute Gasteiger partial charge is 0.493 e. The number of carbonyl (C=O) groups is 1. The van der Waals surface area contributed by atoms with Crippen LogP contribution < -0.4 is 14.4 Å². The molecule has 200 valence electrons. The molecule has 0 radical (unpaired) electrons. The first-order valence-electron chi connectivity index (χ1n) is 10.3. The van der Waals surface area contributed by atoms with Crippen LogP contribution in [0, 0.1) is 0 Å². The van der Waals surface area contributed by atoms with Crippen molar-refractivity contribution < 1.29 is 44.3 Å². The summed E-state index contributed by atoms with van der Waals surface area (Å²) >= 11 is 0.400. The molecule has 0 aliphatic rings. The van der Waals surface area contributed by atoms with Gasteiger partial charge in [-0.05, 0) is 49.2 Å². The molecule has 0 bridgehead atoms. The lowest BCUT2D eigenvalue weighted by Gasteiger charge is -2.23. The molecule has 0 saturated carbocycles. The highest BCUT2D eigenvalue weighted by molar-refractivity contribution is 7.93. The Morgan fingerprint density at radius 1 is 1.08 bits per heavy atom. The van der Waals surface area contributed by atoms with E-state index in [0.717, 1.165) is 35.8 Å². The third kappa shape index (κ3) is 6.68. The average molecular weight is 569 g/mol. The number of alkyl halides is 6. The molecule has 37 heavy (non-hydrogen) atoms. The van der Waals surface area contributed by atoms with Crippen molar-refractivity contribution in [3.8, 4) is 5.75 Å². The van der Waals surface area contributed by atoms with Crippen molar-refractivity contribution in [3.05, 3.63) is 64.7 Å². The fraction of sp³-hybridized carbons (Fsp3) is 0.286. The molecule has 0 saturated heterocycles. The van der Waals surface area contributed by atoms with Crippen molar-refractivity contribution in [1.82, 2.24) is 15.5 Å². The summed E-state index contributed by atoms with van der Waals surface area (Å²) in [4.78, 5) is 11.8. The Kier molecular flexibility index (Phi) is 8.32. The molecule has 0 fully saturated rings. The Labute approximate surface area is 210 Å². The van der Waals surface area contributed by atoms with Crippen molar-refractivity contribution in [1.29, 1.82) is 0 Å². The Balaban J connectivity index is 1.69. The number of aromatic nitrogens is 2. The van der Waals surface area contributed by atoms with Crippen LogP contribution in [0.3, 0.4) is 0 Å². The molecular weight excluding hydrogens is 550 g/mol. The largest absolute Gasteiger partial charge is 0.500 e. The number of nitrogens with zero attached hydrogens (tertiary/aromatic N) is 3. The number of carbonyl (C=O) groups excluding carboxylic acids is 1. The average Bonchev–Trinajstić information content (AvgIpc) is 3.31. The van der Waals surface area contributed by atoms with Gasteiger partial charge in [0.05, 0.1) is 22.6 Å². The second-order valence-electron chi connectivity index (χ2n) is 7.25. The van der Waals surface area contributed by atoms with Gasteiger partial charge >= 0.3 is 12.5 Å². The van der Waals surface area contributed by atoms with Gasteiger partial charge in [0.1, 0.15) is 11.3 Å². The van der Waals surface area contributed by atoms with E-state index < -0.39 is 48.3 Å². The van der Waals surface area contributed by atoms with Crippen LogP contribution in [-0.4, -0.2) is 44.0 Å². The number of rotatable bonds is 9. The molecule has 1 N–H and O–H groups in total. The number of anilines is 1. The first-order valence-corrected chi connectivity index (χ1v) is 12.7. The van der Waals surface area contributed by atoms with E-state index in [1.807, 2.05) is 0 Å². The maximum absolute atomic E-state index is 13.5. The second kappa shape index (κ2) is 10.9. The van der Waals surface area contributed by atoms with Gasteiger partial charge in [-0.25, -0.2) is 8.42 Å². The van der Waals surface area contributed by atoms with Gasteiger partial charge in [-0.3, -0.25) is 4.79 Å². The highest BCUT2D eigenvalue weighted by Gasteiger charge is 2.48. The number of ether oxygens (including phenoxy) is 1. The fourth-order valence-electron chi connectivity index (χ4n) is 3.11. The van der Waals surface area contributed by atoms with E-state index in [-0.39, 0.29) is 30.9 Å². The molecular formula is C21H18F6N4O4S2. The third-order valence-corrected chi connectivity index (χ3v) is 7.29. The zero-order chi connectivity index (χ0) is 27.4. The predicted octanol–water partition coefficient (Wildman–Crippen LogP) is 4.64. The van der Waals surface area contributed by atoms with E-state index in [4.69, 9.17) is 4.74 Å². The molecule has 8 nitrogen and oxygen atoms in total. The molecule has 3 aromatic rings. The van der Waals surface area contributed by atoms with Gasteiger partial charge in [-0.15, -0.1) is 27.7 Å². The highest BCUT2D eigenvalue weighted by Crippen LogP contribution is 2.35. The lowest BCUT2D eigenvalue weighted by molar-refractivity contribution is -0.137. The summed E-state index contributed by atoms with van der Waals surface area (Å²) in [6, 6.07) is 6.99. The van der Waals surface area contributed by atoms with Crippen LogP contribution in [-0.2, 0) is 22.6 Å².